The molecule has 0 saturated carbocycles. The van der Waals surface area contributed by atoms with Gasteiger partial charge >= 0.3 is 19.8 Å². The number of carbonyl (C=O) groups excluding carboxylic acids is 2. The number of phosphoric acid groups is 1. The lowest BCUT2D eigenvalue weighted by Crippen LogP contribution is -2.29. The van der Waals surface area contributed by atoms with Crippen molar-refractivity contribution >= 4 is 19.8 Å². The fraction of sp³-hybridized carbons (Fsp3) is 0.811. The van der Waals surface area contributed by atoms with Crippen molar-refractivity contribution in [3.63, 3.8) is 0 Å². The molecule has 368 valence electrons. The molecule has 9 nitrogen and oxygen atoms in total. The molecule has 0 aromatic heterocycles. The molecule has 0 spiro atoms. The van der Waals surface area contributed by atoms with E-state index in [0.717, 1.165) is 64.2 Å². The number of phosphoric ester groups is 1. The average molecular weight is 908 g/mol. The Morgan fingerprint density at radius 3 is 1.35 bits per heavy atom. The first-order valence-electron chi connectivity index (χ1n) is 26.1. The lowest BCUT2D eigenvalue weighted by atomic mass is 10.0. The van der Waals surface area contributed by atoms with Crippen LogP contribution in [0.15, 0.2) is 48.6 Å². The number of hydrogen-bond donors (Lipinski definition) is 2. The van der Waals surface area contributed by atoms with Crippen LogP contribution in [0.5, 0.6) is 0 Å². The van der Waals surface area contributed by atoms with Gasteiger partial charge in [-0.25, -0.2) is 4.57 Å². The third-order valence-electron chi connectivity index (χ3n) is 11.2. The summed E-state index contributed by atoms with van der Waals surface area (Å²) in [5, 5.41) is 0. The minimum atomic E-state index is -4.39. The van der Waals surface area contributed by atoms with Gasteiger partial charge in [0.05, 0.1) is 13.2 Å². The van der Waals surface area contributed by atoms with E-state index in [1.807, 2.05) is 0 Å². The first-order valence-corrected chi connectivity index (χ1v) is 27.6. The Bertz CT molecular complexity index is 1170. The van der Waals surface area contributed by atoms with Crippen molar-refractivity contribution in [1.29, 1.82) is 0 Å². The molecule has 0 aromatic carbocycles. The molecule has 0 rings (SSSR count). The van der Waals surface area contributed by atoms with E-state index < -0.39 is 32.5 Å². The molecule has 0 radical (unpaired) electrons. The topological polar surface area (TPSA) is 134 Å². The van der Waals surface area contributed by atoms with E-state index in [0.29, 0.717) is 6.42 Å². The maximum absolute atomic E-state index is 12.6. The van der Waals surface area contributed by atoms with Crippen molar-refractivity contribution in [3.05, 3.63) is 48.6 Å². The monoisotopic (exact) mass is 908 g/mol. The van der Waals surface area contributed by atoms with Crippen LogP contribution in [0, 0.1) is 0 Å². The molecular formula is C53H98NO8P. The number of allylic oxidation sites excluding steroid dienone is 8. The fourth-order valence-corrected chi connectivity index (χ4v) is 8.04. The van der Waals surface area contributed by atoms with Gasteiger partial charge in [0.15, 0.2) is 6.10 Å². The molecule has 0 aliphatic heterocycles. The van der Waals surface area contributed by atoms with Crippen LogP contribution in [0.3, 0.4) is 0 Å². The van der Waals surface area contributed by atoms with Gasteiger partial charge in [-0.1, -0.05) is 204 Å². The van der Waals surface area contributed by atoms with E-state index in [9.17, 15) is 19.0 Å². The van der Waals surface area contributed by atoms with Gasteiger partial charge < -0.3 is 20.1 Å². The van der Waals surface area contributed by atoms with E-state index in [1.165, 1.54) is 148 Å². The van der Waals surface area contributed by atoms with E-state index in [1.54, 1.807) is 0 Å². The molecule has 0 saturated heterocycles. The zero-order valence-electron chi connectivity index (χ0n) is 40.8. The van der Waals surface area contributed by atoms with Gasteiger partial charge in [0, 0.05) is 19.4 Å². The van der Waals surface area contributed by atoms with Crippen LogP contribution in [-0.4, -0.2) is 49.3 Å². The summed E-state index contributed by atoms with van der Waals surface area (Å²) in [6.07, 6.45) is 58.8. The fourth-order valence-electron chi connectivity index (χ4n) is 7.27. The molecule has 0 bridgehead atoms. The molecule has 0 amide bonds. The Morgan fingerprint density at radius 1 is 0.476 bits per heavy atom. The van der Waals surface area contributed by atoms with Crippen LogP contribution in [-0.2, 0) is 32.7 Å². The average Bonchev–Trinajstić information content (AvgIpc) is 3.27. The Morgan fingerprint density at radius 2 is 0.857 bits per heavy atom. The lowest BCUT2D eigenvalue weighted by molar-refractivity contribution is -0.161. The third-order valence-corrected chi connectivity index (χ3v) is 12.1. The molecule has 0 aliphatic carbocycles. The van der Waals surface area contributed by atoms with Crippen LogP contribution < -0.4 is 5.73 Å². The highest BCUT2D eigenvalue weighted by Crippen LogP contribution is 2.43. The maximum atomic E-state index is 12.6. The highest BCUT2D eigenvalue weighted by molar-refractivity contribution is 7.47. The Labute approximate surface area is 387 Å². The molecule has 2 atom stereocenters. The molecule has 0 aromatic rings. The number of rotatable bonds is 49. The second-order valence-corrected chi connectivity index (χ2v) is 18.8. The predicted molar refractivity (Wildman–Crippen MR) is 266 cm³/mol. The van der Waals surface area contributed by atoms with Crippen LogP contribution >= 0.6 is 7.82 Å². The van der Waals surface area contributed by atoms with Gasteiger partial charge in [-0.2, -0.15) is 0 Å². The van der Waals surface area contributed by atoms with Crippen molar-refractivity contribution in [2.24, 2.45) is 5.73 Å². The smallest absolute Gasteiger partial charge is 0.462 e. The predicted octanol–water partition coefficient (Wildman–Crippen LogP) is 15.8. The van der Waals surface area contributed by atoms with Crippen molar-refractivity contribution in [1.82, 2.24) is 0 Å². The summed E-state index contributed by atoms with van der Waals surface area (Å²) in [5.74, 6) is -0.877. The number of unbranched alkanes of at least 4 members (excludes halogenated alkanes) is 28. The summed E-state index contributed by atoms with van der Waals surface area (Å²) >= 11 is 0. The molecule has 0 heterocycles. The van der Waals surface area contributed by atoms with Crippen molar-refractivity contribution in [3.8, 4) is 0 Å². The summed E-state index contributed by atoms with van der Waals surface area (Å²) in [6, 6.07) is 0. The number of nitrogens with two attached hydrogens (primary N) is 1. The first-order chi connectivity index (χ1) is 30.8. The summed E-state index contributed by atoms with van der Waals surface area (Å²) in [7, 11) is -4.39. The zero-order valence-corrected chi connectivity index (χ0v) is 41.7. The Kier molecular flexibility index (Phi) is 47.8. The lowest BCUT2D eigenvalue weighted by Gasteiger charge is -2.19. The molecular weight excluding hydrogens is 810 g/mol. The third kappa shape index (κ3) is 49.2. The minimum absolute atomic E-state index is 0.0462. The van der Waals surface area contributed by atoms with Gasteiger partial charge in [0.25, 0.3) is 0 Å². The van der Waals surface area contributed by atoms with Gasteiger partial charge in [-0.3, -0.25) is 18.6 Å². The molecule has 3 N–H and O–H groups in total. The van der Waals surface area contributed by atoms with Crippen LogP contribution in [0.25, 0.3) is 0 Å². The van der Waals surface area contributed by atoms with Gasteiger partial charge in [0.2, 0.25) is 0 Å². The molecule has 0 fully saturated rings. The van der Waals surface area contributed by atoms with Crippen molar-refractivity contribution < 1.29 is 37.6 Å². The highest BCUT2D eigenvalue weighted by Gasteiger charge is 2.26. The summed E-state index contributed by atoms with van der Waals surface area (Å²) in [4.78, 5) is 35.0. The SMILES string of the molecule is CCCCC/C=C/C/C=C/CCCCCCCCCCCC(=O)OC[C@H](COP(=O)(O)OCCN)OC(=O)CCC/C=C/CC/C=C/CCCCCCCCCCCCCCCC. The number of carbonyl (C=O) groups is 2. The Balaban J connectivity index is 4.09. The Hall–Kier alpha value is -2.03. The van der Waals surface area contributed by atoms with Crippen LogP contribution in [0.4, 0.5) is 0 Å². The van der Waals surface area contributed by atoms with Crippen molar-refractivity contribution in [2.45, 2.75) is 251 Å². The second-order valence-electron chi connectivity index (χ2n) is 17.4. The van der Waals surface area contributed by atoms with E-state index >= 15 is 0 Å². The van der Waals surface area contributed by atoms with E-state index in [2.05, 4.69) is 62.5 Å². The number of ether oxygens (including phenoxy) is 2. The van der Waals surface area contributed by atoms with Crippen LogP contribution in [0.2, 0.25) is 0 Å². The van der Waals surface area contributed by atoms with Crippen molar-refractivity contribution in [2.75, 3.05) is 26.4 Å². The van der Waals surface area contributed by atoms with Gasteiger partial charge in [0.1, 0.15) is 6.61 Å². The minimum Gasteiger partial charge on any atom is -0.462 e. The zero-order chi connectivity index (χ0) is 46.0. The highest BCUT2D eigenvalue weighted by atomic mass is 31.2. The summed E-state index contributed by atoms with van der Waals surface area (Å²) < 4.78 is 32.9. The standard InChI is InChI=1S/C53H98NO8P/c1-3-5-7-9-11-13-15-17-19-21-23-24-25-26-28-30-32-34-36-38-40-42-44-46-53(56)62-51(50-61-63(57,58)60-48-47-54)49-59-52(55)45-43-41-39-37-35-33-31-29-27-22-20-18-16-14-12-10-8-6-4-2/h12,14,18,20,30,32,38,40,51H,3-11,13,15-17,19,21-29,31,33-37,39,41-50,54H2,1-2H3,(H,57,58)/b14-12+,20-18+,32-30+,40-38+/t51-/m1/s1. The van der Waals surface area contributed by atoms with Gasteiger partial charge in [-0.15, -0.1) is 0 Å². The quantitative estimate of drug-likeness (QED) is 0.0265. The van der Waals surface area contributed by atoms with Crippen LogP contribution in [0.1, 0.15) is 245 Å². The molecule has 10 heteroatoms. The van der Waals surface area contributed by atoms with Gasteiger partial charge in [-0.05, 0) is 77.0 Å². The maximum Gasteiger partial charge on any atom is 0.472 e. The van der Waals surface area contributed by atoms with E-state index in [4.69, 9.17) is 24.3 Å². The number of esters is 2. The molecule has 1 unspecified atom stereocenters. The molecule has 0 aliphatic rings. The number of hydrogen-bond acceptors (Lipinski definition) is 8. The largest absolute Gasteiger partial charge is 0.472 e. The summed E-state index contributed by atoms with van der Waals surface area (Å²) in [6.45, 7) is 3.69. The summed E-state index contributed by atoms with van der Waals surface area (Å²) in [5.41, 5.74) is 5.36. The van der Waals surface area contributed by atoms with E-state index in [-0.39, 0.29) is 32.6 Å². The first kappa shape index (κ1) is 61.0. The molecule has 63 heavy (non-hydrogen) atoms. The second kappa shape index (κ2) is 49.4. The normalized spacial score (nSPS) is 13.5.